The van der Waals surface area contributed by atoms with E-state index in [1.165, 1.54) is 18.6 Å². The summed E-state index contributed by atoms with van der Waals surface area (Å²) in [6.45, 7) is 0. The first kappa shape index (κ1) is 13.7. The number of rotatable bonds is 3. The number of amides is 1. The van der Waals surface area contributed by atoms with Crippen molar-refractivity contribution in [3.8, 4) is 0 Å². The predicted molar refractivity (Wildman–Crippen MR) is 76.4 cm³/mol. The normalized spacial score (nSPS) is 27.0. The van der Waals surface area contributed by atoms with Gasteiger partial charge in [-0.15, -0.1) is 0 Å². The first-order valence-electron chi connectivity index (χ1n) is 6.49. The lowest BCUT2D eigenvalue weighted by molar-refractivity contribution is -0.120. The van der Waals surface area contributed by atoms with Crippen LogP contribution in [0.3, 0.4) is 0 Å². The lowest BCUT2D eigenvalue weighted by Gasteiger charge is -2.15. The SMILES string of the molecule is O=C(O)c1c(Cl)ccc(Cl)c1NC(=O)C1CC2CC2C1. The third-order valence-electron chi connectivity index (χ3n) is 4.18. The van der Waals surface area contributed by atoms with Crippen LogP contribution in [0.1, 0.15) is 29.6 Å². The Morgan fingerprint density at radius 2 is 1.70 bits per heavy atom. The average molecular weight is 314 g/mol. The van der Waals surface area contributed by atoms with Crippen molar-refractivity contribution < 1.29 is 14.7 Å². The third-order valence-corrected chi connectivity index (χ3v) is 4.81. The average Bonchev–Trinajstić information content (AvgIpc) is 3.00. The Kier molecular flexibility index (Phi) is 3.38. The number of carboxylic acids is 1. The molecule has 2 aliphatic carbocycles. The molecule has 0 heterocycles. The summed E-state index contributed by atoms with van der Waals surface area (Å²) in [6, 6.07) is 2.89. The van der Waals surface area contributed by atoms with Crippen molar-refractivity contribution >= 4 is 40.8 Å². The number of benzene rings is 1. The van der Waals surface area contributed by atoms with Gasteiger partial charge in [-0.1, -0.05) is 23.2 Å². The molecule has 6 heteroatoms. The number of halogens is 2. The summed E-state index contributed by atoms with van der Waals surface area (Å²) in [5, 5.41) is 12.1. The van der Waals surface area contributed by atoms with Crippen LogP contribution in [0.5, 0.6) is 0 Å². The summed E-state index contributed by atoms with van der Waals surface area (Å²) in [4.78, 5) is 23.5. The molecule has 0 bridgehead atoms. The van der Waals surface area contributed by atoms with E-state index in [0.717, 1.165) is 12.8 Å². The van der Waals surface area contributed by atoms with Crippen molar-refractivity contribution in [3.05, 3.63) is 27.7 Å². The Morgan fingerprint density at radius 3 is 2.30 bits per heavy atom. The van der Waals surface area contributed by atoms with Crippen LogP contribution in [-0.2, 0) is 4.79 Å². The van der Waals surface area contributed by atoms with Crippen LogP contribution >= 0.6 is 23.2 Å². The first-order chi connectivity index (χ1) is 9.47. The molecule has 4 nitrogen and oxygen atoms in total. The summed E-state index contributed by atoms with van der Waals surface area (Å²) < 4.78 is 0. The molecule has 1 aromatic rings. The van der Waals surface area contributed by atoms with E-state index in [1.54, 1.807) is 0 Å². The number of fused-ring (bicyclic) bond motifs is 1. The Hall–Kier alpha value is -1.26. The molecule has 106 valence electrons. The van der Waals surface area contributed by atoms with E-state index in [0.29, 0.717) is 11.8 Å². The van der Waals surface area contributed by atoms with Crippen LogP contribution in [0.4, 0.5) is 5.69 Å². The number of hydrogen-bond acceptors (Lipinski definition) is 2. The van der Waals surface area contributed by atoms with Crippen molar-refractivity contribution in [2.75, 3.05) is 5.32 Å². The monoisotopic (exact) mass is 313 g/mol. The highest BCUT2D eigenvalue weighted by molar-refractivity contribution is 6.38. The van der Waals surface area contributed by atoms with Crippen LogP contribution in [0.2, 0.25) is 10.0 Å². The summed E-state index contributed by atoms with van der Waals surface area (Å²) in [5.41, 5.74) is -0.0621. The molecule has 2 atom stereocenters. The lowest BCUT2D eigenvalue weighted by atomic mass is 10.0. The van der Waals surface area contributed by atoms with E-state index in [4.69, 9.17) is 23.2 Å². The van der Waals surface area contributed by atoms with Crippen molar-refractivity contribution in [1.82, 2.24) is 0 Å². The minimum absolute atomic E-state index is 0.0459. The molecular formula is C14H13Cl2NO3. The second kappa shape index (κ2) is 4.93. The van der Waals surface area contributed by atoms with Gasteiger partial charge < -0.3 is 10.4 Å². The van der Waals surface area contributed by atoms with E-state index < -0.39 is 5.97 Å². The van der Waals surface area contributed by atoms with Gasteiger partial charge in [-0.2, -0.15) is 0 Å². The van der Waals surface area contributed by atoms with Gasteiger partial charge in [-0.25, -0.2) is 4.79 Å². The predicted octanol–water partition coefficient (Wildman–Crippen LogP) is 3.68. The zero-order valence-electron chi connectivity index (χ0n) is 10.5. The van der Waals surface area contributed by atoms with Crippen molar-refractivity contribution in [2.45, 2.75) is 19.3 Å². The maximum atomic E-state index is 12.2. The molecule has 2 saturated carbocycles. The van der Waals surface area contributed by atoms with Gasteiger partial charge in [0.15, 0.2) is 0 Å². The molecule has 2 aliphatic rings. The van der Waals surface area contributed by atoms with Gasteiger partial charge in [-0.05, 0) is 43.2 Å². The Labute approximate surface area is 126 Å². The molecule has 0 aromatic heterocycles. The Morgan fingerprint density at radius 1 is 1.10 bits per heavy atom. The van der Waals surface area contributed by atoms with Gasteiger partial charge in [0.1, 0.15) is 5.56 Å². The van der Waals surface area contributed by atoms with E-state index in [1.807, 2.05) is 0 Å². The smallest absolute Gasteiger partial charge is 0.339 e. The third kappa shape index (κ3) is 2.38. The van der Waals surface area contributed by atoms with Crippen LogP contribution in [0.15, 0.2) is 12.1 Å². The largest absolute Gasteiger partial charge is 0.478 e. The number of anilines is 1. The molecular weight excluding hydrogens is 301 g/mol. The van der Waals surface area contributed by atoms with Gasteiger partial charge in [0.25, 0.3) is 0 Å². The van der Waals surface area contributed by atoms with Gasteiger partial charge in [0.05, 0.1) is 15.7 Å². The molecule has 0 spiro atoms. The highest BCUT2D eigenvalue weighted by Crippen LogP contribution is 2.54. The molecule has 2 unspecified atom stereocenters. The van der Waals surface area contributed by atoms with Gasteiger partial charge in [-0.3, -0.25) is 4.79 Å². The highest BCUT2D eigenvalue weighted by atomic mass is 35.5. The minimum Gasteiger partial charge on any atom is -0.478 e. The fourth-order valence-electron chi connectivity index (χ4n) is 3.04. The Bertz CT molecular complexity index is 592. The zero-order chi connectivity index (χ0) is 14.4. The number of hydrogen-bond donors (Lipinski definition) is 2. The standard InChI is InChI=1S/C14H13Cl2NO3/c15-9-1-2-10(16)12(11(9)14(19)20)17-13(18)8-4-6-3-7(6)5-8/h1-2,6-8H,3-5H2,(H,17,18)(H,19,20). The number of carbonyl (C=O) groups excluding carboxylic acids is 1. The molecule has 3 rings (SSSR count). The quantitative estimate of drug-likeness (QED) is 0.894. The van der Waals surface area contributed by atoms with E-state index in [2.05, 4.69) is 5.32 Å². The van der Waals surface area contributed by atoms with Crippen molar-refractivity contribution in [3.63, 3.8) is 0 Å². The second-order valence-corrected chi connectivity index (χ2v) is 6.31. The summed E-state index contributed by atoms with van der Waals surface area (Å²) in [7, 11) is 0. The first-order valence-corrected chi connectivity index (χ1v) is 7.25. The zero-order valence-corrected chi connectivity index (χ0v) is 12.0. The van der Waals surface area contributed by atoms with Crippen molar-refractivity contribution in [1.29, 1.82) is 0 Å². The molecule has 1 amide bonds. The second-order valence-electron chi connectivity index (χ2n) is 5.50. The van der Waals surface area contributed by atoms with Crippen LogP contribution in [0, 0.1) is 17.8 Å². The van der Waals surface area contributed by atoms with Gasteiger partial charge in [0.2, 0.25) is 5.91 Å². The molecule has 2 fully saturated rings. The molecule has 1 aromatic carbocycles. The van der Waals surface area contributed by atoms with Crippen LogP contribution < -0.4 is 5.32 Å². The maximum Gasteiger partial charge on any atom is 0.339 e. The molecule has 20 heavy (non-hydrogen) atoms. The molecule has 0 radical (unpaired) electrons. The Balaban J connectivity index is 1.84. The number of aromatic carboxylic acids is 1. The topological polar surface area (TPSA) is 66.4 Å². The highest BCUT2D eigenvalue weighted by Gasteiger charge is 2.48. The van der Waals surface area contributed by atoms with Gasteiger partial charge >= 0.3 is 5.97 Å². The maximum absolute atomic E-state index is 12.2. The molecule has 0 aliphatic heterocycles. The fourth-order valence-corrected chi connectivity index (χ4v) is 3.48. The van der Waals surface area contributed by atoms with Crippen LogP contribution in [-0.4, -0.2) is 17.0 Å². The van der Waals surface area contributed by atoms with Crippen LogP contribution in [0.25, 0.3) is 0 Å². The molecule has 2 N–H and O–H groups in total. The summed E-state index contributed by atoms with van der Waals surface area (Å²) in [6.07, 6.45) is 3.00. The van der Waals surface area contributed by atoms with E-state index in [9.17, 15) is 14.7 Å². The van der Waals surface area contributed by atoms with E-state index >= 15 is 0 Å². The minimum atomic E-state index is -1.21. The molecule has 0 saturated heterocycles. The number of carboxylic acid groups (broad SMARTS) is 1. The van der Waals surface area contributed by atoms with E-state index in [-0.39, 0.29) is 33.1 Å². The van der Waals surface area contributed by atoms with Crippen molar-refractivity contribution in [2.24, 2.45) is 17.8 Å². The fraction of sp³-hybridized carbons (Fsp3) is 0.429. The lowest BCUT2D eigenvalue weighted by Crippen LogP contribution is -2.23. The van der Waals surface area contributed by atoms with Gasteiger partial charge in [0, 0.05) is 5.92 Å². The number of carbonyl (C=O) groups is 2. The summed E-state index contributed by atoms with van der Waals surface area (Å²) in [5.74, 6) is -0.0552. The number of nitrogens with one attached hydrogen (secondary N) is 1. The summed E-state index contributed by atoms with van der Waals surface area (Å²) >= 11 is 11.9.